The average molecular weight is 365 g/mol. The normalized spacial score (nSPS) is 11.4. The number of hydrogen-bond acceptors (Lipinski definition) is 5. The minimum atomic E-state index is -0.511. The minimum absolute atomic E-state index is 0.127. The molecular formula is C18H19N7O2. The Bertz CT molecular complexity index is 1150. The van der Waals surface area contributed by atoms with Gasteiger partial charge in [-0.3, -0.25) is 14.2 Å². The molecule has 3 aromatic heterocycles. The van der Waals surface area contributed by atoms with Gasteiger partial charge in [0.2, 0.25) is 5.91 Å². The predicted octanol–water partition coefficient (Wildman–Crippen LogP) is 1.44. The summed E-state index contributed by atoms with van der Waals surface area (Å²) in [6, 6.07) is 5.25. The van der Waals surface area contributed by atoms with Gasteiger partial charge in [-0.25, -0.2) is 4.98 Å². The van der Waals surface area contributed by atoms with Crippen LogP contribution >= 0.6 is 0 Å². The molecule has 0 aliphatic heterocycles. The predicted molar refractivity (Wildman–Crippen MR) is 99.6 cm³/mol. The first kappa shape index (κ1) is 17.0. The molecule has 0 radical (unpaired) electrons. The smallest absolute Gasteiger partial charge is 0.248 e. The zero-order valence-corrected chi connectivity index (χ0v) is 15.0. The van der Waals surface area contributed by atoms with Crippen molar-refractivity contribution in [1.29, 1.82) is 0 Å². The summed E-state index contributed by atoms with van der Waals surface area (Å²) in [5.41, 5.74) is 9.59. The van der Waals surface area contributed by atoms with Crippen molar-refractivity contribution in [2.45, 2.75) is 20.1 Å². The molecule has 0 unspecified atom stereocenters. The number of aliphatic hydroxyl groups is 1. The van der Waals surface area contributed by atoms with Gasteiger partial charge < -0.3 is 15.8 Å². The second-order valence-electron chi connectivity index (χ2n) is 6.23. The van der Waals surface area contributed by atoms with Crippen LogP contribution in [0.2, 0.25) is 0 Å². The van der Waals surface area contributed by atoms with Crippen molar-refractivity contribution in [3.63, 3.8) is 0 Å². The maximum Gasteiger partial charge on any atom is 0.248 e. The zero-order valence-electron chi connectivity index (χ0n) is 15.0. The number of nitrogens with zero attached hydrogens (tertiary/aromatic N) is 5. The highest BCUT2D eigenvalue weighted by molar-refractivity contribution is 6.02. The summed E-state index contributed by atoms with van der Waals surface area (Å²) in [4.78, 5) is 19.5. The molecule has 4 N–H and O–H groups in total. The lowest BCUT2D eigenvalue weighted by Gasteiger charge is -2.05. The number of aryl methyl sites for hydroxylation is 2. The highest BCUT2D eigenvalue weighted by Crippen LogP contribution is 2.30. The largest absolute Gasteiger partial charge is 0.390 e. The Morgan fingerprint density at radius 3 is 2.81 bits per heavy atom. The Labute approximate surface area is 154 Å². The van der Waals surface area contributed by atoms with Crippen LogP contribution in [0.15, 0.2) is 30.6 Å². The van der Waals surface area contributed by atoms with E-state index in [9.17, 15) is 9.90 Å². The lowest BCUT2D eigenvalue weighted by molar-refractivity contribution is 0.100. The molecule has 0 saturated heterocycles. The van der Waals surface area contributed by atoms with Crippen LogP contribution in [0.4, 0.5) is 0 Å². The van der Waals surface area contributed by atoms with Crippen molar-refractivity contribution in [2.24, 2.45) is 12.8 Å². The number of aromatic nitrogens is 6. The third kappa shape index (κ3) is 2.77. The maximum atomic E-state index is 11.7. The van der Waals surface area contributed by atoms with Gasteiger partial charge in [0.25, 0.3) is 0 Å². The first-order chi connectivity index (χ1) is 13.0. The van der Waals surface area contributed by atoms with E-state index in [0.717, 1.165) is 27.9 Å². The van der Waals surface area contributed by atoms with Gasteiger partial charge in [-0.05, 0) is 25.1 Å². The fraction of sp³-hybridized carbons (Fsp3) is 0.222. The van der Waals surface area contributed by atoms with E-state index in [0.29, 0.717) is 23.6 Å². The number of benzene rings is 1. The number of hydrogen-bond donors (Lipinski definition) is 3. The molecular weight excluding hydrogens is 346 g/mol. The summed E-state index contributed by atoms with van der Waals surface area (Å²) in [5, 5.41) is 18.8. The van der Waals surface area contributed by atoms with Crippen molar-refractivity contribution in [3.8, 4) is 22.8 Å². The third-order valence-electron chi connectivity index (χ3n) is 4.55. The van der Waals surface area contributed by atoms with Crippen LogP contribution in [0.25, 0.3) is 33.7 Å². The fourth-order valence-corrected chi connectivity index (χ4v) is 3.18. The van der Waals surface area contributed by atoms with Gasteiger partial charge in [-0.2, -0.15) is 10.2 Å². The minimum Gasteiger partial charge on any atom is -0.390 e. The molecule has 9 heteroatoms. The second-order valence-corrected chi connectivity index (χ2v) is 6.23. The number of imidazole rings is 1. The van der Waals surface area contributed by atoms with E-state index in [-0.39, 0.29) is 6.61 Å². The van der Waals surface area contributed by atoms with E-state index < -0.39 is 5.91 Å². The highest BCUT2D eigenvalue weighted by atomic mass is 16.3. The highest BCUT2D eigenvalue weighted by Gasteiger charge is 2.17. The van der Waals surface area contributed by atoms with Gasteiger partial charge in [-0.1, -0.05) is 0 Å². The van der Waals surface area contributed by atoms with Crippen molar-refractivity contribution >= 4 is 16.8 Å². The van der Waals surface area contributed by atoms with Crippen LogP contribution in [-0.4, -0.2) is 40.5 Å². The number of aromatic amines is 1. The Balaban J connectivity index is 1.87. The Hall–Kier alpha value is -3.46. The molecule has 3 heterocycles. The standard InChI is InChI=1S/C18H19N7O2/c1-3-25-16(6-11(9-26)23-25)14-8-20-18(22-14)12-4-10(17(19)27)5-15-13(12)7-21-24(15)2/h4-8,26H,3,9H2,1-2H3,(H2,19,27)(H,20,22). The number of aliphatic hydroxyl groups excluding tert-OH is 1. The lowest BCUT2D eigenvalue weighted by atomic mass is 10.1. The number of primary amides is 1. The average Bonchev–Trinajstić information content (AvgIpc) is 3.38. The molecule has 1 amide bonds. The van der Waals surface area contributed by atoms with Crippen LogP contribution in [0.1, 0.15) is 23.0 Å². The quantitative estimate of drug-likeness (QED) is 0.493. The lowest BCUT2D eigenvalue weighted by Crippen LogP contribution is -2.11. The summed E-state index contributed by atoms with van der Waals surface area (Å²) < 4.78 is 3.48. The van der Waals surface area contributed by atoms with E-state index in [1.807, 2.05) is 13.0 Å². The van der Waals surface area contributed by atoms with E-state index in [1.165, 1.54) is 0 Å². The first-order valence-electron chi connectivity index (χ1n) is 8.50. The molecule has 0 spiro atoms. The van der Waals surface area contributed by atoms with Crippen LogP contribution in [-0.2, 0) is 20.2 Å². The summed E-state index contributed by atoms with van der Waals surface area (Å²) in [6.07, 6.45) is 3.44. The molecule has 0 aliphatic rings. The molecule has 27 heavy (non-hydrogen) atoms. The molecule has 0 bridgehead atoms. The third-order valence-corrected chi connectivity index (χ3v) is 4.55. The number of nitrogens with one attached hydrogen (secondary N) is 1. The number of carbonyl (C=O) groups is 1. The van der Waals surface area contributed by atoms with Gasteiger partial charge in [-0.15, -0.1) is 0 Å². The van der Waals surface area contributed by atoms with E-state index >= 15 is 0 Å². The summed E-state index contributed by atoms with van der Waals surface area (Å²) >= 11 is 0. The van der Waals surface area contributed by atoms with Crippen molar-refractivity contribution in [2.75, 3.05) is 0 Å². The molecule has 0 fully saturated rings. The molecule has 0 saturated carbocycles. The molecule has 4 rings (SSSR count). The van der Waals surface area contributed by atoms with Crippen LogP contribution in [0.5, 0.6) is 0 Å². The second kappa shape index (κ2) is 6.36. The Morgan fingerprint density at radius 2 is 2.11 bits per heavy atom. The van der Waals surface area contributed by atoms with E-state index in [4.69, 9.17) is 5.73 Å². The molecule has 0 aliphatic carbocycles. The fourth-order valence-electron chi connectivity index (χ4n) is 3.18. The first-order valence-corrected chi connectivity index (χ1v) is 8.50. The van der Waals surface area contributed by atoms with Crippen molar-refractivity contribution in [3.05, 3.63) is 41.9 Å². The van der Waals surface area contributed by atoms with Crippen LogP contribution < -0.4 is 5.73 Å². The molecule has 1 aromatic carbocycles. The van der Waals surface area contributed by atoms with Gasteiger partial charge in [0.05, 0.1) is 41.6 Å². The number of rotatable bonds is 5. The van der Waals surface area contributed by atoms with E-state index in [2.05, 4.69) is 20.2 Å². The zero-order chi connectivity index (χ0) is 19.1. The summed E-state index contributed by atoms with van der Waals surface area (Å²) in [5.74, 6) is 0.0864. The van der Waals surface area contributed by atoms with Gasteiger partial charge >= 0.3 is 0 Å². The molecule has 0 atom stereocenters. The number of H-pyrrole nitrogens is 1. The Morgan fingerprint density at radius 1 is 1.30 bits per heavy atom. The Kier molecular flexibility index (Phi) is 4.00. The maximum absolute atomic E-state index is 11.7. The SMILES string of the molecule is CCn1nc(CO)cc1-c1cnc(-c2cc(C(N)=O)cc3c2cnn3C)[nH]1. The molecule has 138 valence electrons. The summed E-state index contributed by atoms with van der Waals surface area (Å²) in [7, 11) is 1.81. The van der Waals surface area contributed by atoms with Gasteiger partial charge in [0.1, 0.15) is 5.82 Å². The van der Waals surface area contributed by atoms with Crippen LogP contribution in [0, 0.1) is 0 Å². The van der Waals surface area contributed by atoms with Gasteiger partial charge in [0, 0.05) is 30.1 Å². The number of nitrogens with two attached hydrogens (primary N) is 1. The van der Waals surface area contributed by atoms with E-state index in [1.54, 1.807) is 40.9 Å². The van der Waals surface area contributed by atoms with Crippen molar-refractivity contribution in [1.82, 2.24) is 29.5 Å². The number of carbonyl (C=O) groups excluding carboxylic acids is 1. The topological polar surface area (TPSA) is 128 Å². The summed E-state index contributed by atoms with van der Waals surface area (Å²) in [6.45, 7) is 2.51. The number of fused-ring (bicyclic) bond motifs is 1. The number of amides is 1. The van der Waals surface area contributed by atoms with Crippen LogP contribution in [0.3, 0.4) is 0 Å². The molecule has 9 nitrogen and oxygen atoms in total. The monoisotopic (exact) mass is 365 g/mol. The van der Waals surface area contributed by atoms with Crippen molar-refractivity contribution < 1.29 is 9.90 Å². The molecule has 4 aromatic rings. The van der Waals surface area contributed by atoms with Gasteiger partial charge in [0.15, 0.2) is 0 Å².